The minimum absolute atomic E-state index is 0.0242. The number of benzene rings is 1. The Kier molecular flexibility index (Phi) is 4.22. The van der Waals surface area contributed by atoms with Crippen LogP contribution in [-0.2, 0) is 11.3 Å². The normalized spacial score (nSPS) is 15.9. The summed E-state index contributed by atoms with van der Waals surface area (Å²) in [5.74, 6) is -0.426. The van der Waals surface area contributed by atoms with Gasteiger partial charge in [-0.05, 0) is 38.7 Å². The number of hydrogen-bond acceptors (Lipinski definition) is 4. The Morgan fingerprint density at radius 1 is 1.23 bits per heavy atom. The lowest BCUT2D eigenvalue weighted by molar-refractivity contribution is 0.0204. The average Bonchev–Trinajstić information content (AvgIpc) is 2.56. The van der Waals surface area contributed by atoms with Crippen molar-refractivity contribution < 1.29 is 9.53 Å². The first kappa shape index (κ1) is 14.8. The minimum atomic E-state index is -0.426. The fourth-order valence-corrected chi connectivity index (χ4v) is 2.99. The first-order chi connectivity index (χ1) is 10.7. The molecule has 3 rings (SSSR count). The van der Waals surface area contributed by atoms with Gasteiger partial charge in [-0.3, -0.25) is 4.79 Å². The maximum absolute atomic E-state index is 12.5. The summed E-state index contributed by atoms with van der Waals surface area (Å²) in [6, 6.07) is 7.07. The van der Waals surface area contributed by atoms with Crippen molar-refractivity contribution in [1.82, 2.24) is 9.78 Å². The van der Waals surface area contributed by atoms with Crippen LogP contribution in [0.2, 0.25) is 0 Å². The summed E-state index contributed by atoms with van der Waals surface area (Å²) in [4.78, 5) is 24.8. The molecule has 0 spiro atoms. The van der Waals surface area contributed by atoms with Gasteiger partial charge in [-0.1, -0.05) is 24.6 Å². The van der Waals surface area contributed by atoms with Crippen LogP contribution in [0.3, 0.4) is 0 Å². The molecule has 1 aromatic carbocycles. The first-order valence-corrected chi connectivity index (χ1v) is 7.91. The molecular weight excluding hydrogens is 280 g/mol. The topological polar surface area (TPSA) is 61.2 Å². The van der Waals surface area contributed by atoms with Crippen molar-refractivity contribution in [2.75, 3.05) is 0 Å². The van der Waals surface area contributed by atoms with E-state index in [4.69, 9.17) is 4.74 Å². The Labute approximate surface area is 128 Å². The van der Waals surface area contributed by atoms with Crippen molar-refractivity contribution in [2.24, 2.45) is 0 Å². The Morgan fingerprint density at radius 3 is 2.59 bits per heavy atom. The highest BCUT2D eigenvalue weighted by atomic mass is 16.5. The fraction of sp³-hybridized carbons (Fsp3) is 0.471. The highest BCUT2D eigenvalue weighted by Crippen LogP contribution is 2.22. The van der Waals surface area contributed by atoms with Crippen LogP contribution in [0.5, 0.6) is 0 Å². The van der Waals surface area contributed by atoms with E-state index in [2.05, 4.69) is 5.10 Å². The lowest BCUT2D eigenvalue weighted by Gasteiger charge is -2.22. The molecule has 2 aromatic rings. The molecule has 1 heterocycles. The van der Waals surface area contributed by atoms with Gasteiger partial charge in [0.05, 0.1) is 5.39 Å². The lowest BCUT2D eigenvalue weighted by atomic mass is 9.98. The molecule has 1 aliphatic carbocycles. The Hall–Kier alpha value is -2.17. The van der Waals surface area contributed by atoms with Gasteiger partial charge < -0.3 is 4.74 Å². The molecule has 0 bridgehead atoms. The van der Waals surface area contributed by atoms with E-state index in [9.17, 15) is 9.59 Å². The smallest absolute Gasteiger partial charge is 0.359 e. The monoisotopic (exact) mass is 300 g/mol. The van der Waals surface area contributed by atoms with Gasteiger partial charge in [0.15, 0.2) is 5.69 Å². The Morgan fingerprint density at radius 2 is 1.91 bits per heavy atom. The summed E-state index contributed by atoms with van der Waals surface area (Å²) in [7, 11) is 0. The SMILES string of the molecule is CCn1nc(C(=O)OC2CCCCC2)c2ccccc2c1=O. The van der Waals surface area contributed by atoms with Gasteiger partial charge in [0.25, 0.3) is 5.56 Å². The molecule has 116 valence electrons. The molecule has 0 amide bonds. The van der Waals surface area contributed by atoms with Crippen LogP contribution in [0.4, 0.5) is 0 Å². The van der Waals surface area contributed by atoms with Crippen molar-refractivity contribution >= 4 is 16.7 Å². The van der Waals surface area contributed by atoms with Crippen LogP contribution in [0, 0.1) is 0 Å². The summed E-state index contributed by atoms with van der Waals surface area (Å²) in [5, 5.41) is 5.29. The third-order valence-electron chi connectivity index (χ3n) is 4.19. The number of nitrogens with zero attached hydrogens (tertiary/aromatic N) is 2. The van der Waals surface area contributed by atoms with Gasteiger partial charge in [0, 0.05) is 11.9 Å². The summed E-state index contributed by atoms with van der Waals surface area (Å²) < 4.78 is 6.93. The first-order valence-electron chi connectivity index (χ1n) is 7.91. The average molecular weight is 300 g/mol. The molecule has 0 atom stereocenters. The molecule has 0 radical (unpaired) electrons. The molecule has 0 aliphatic heterocycles. The summed E-state index contributed by atoms with van der Waals surface area (Å²) >= 11 is 0. The van der Waals surface area contributed by atoms with E-state index in [1.807, 2.05) is 6.92 Å². The molecule has 0 N–H and O–H groups in total. The molecular formula is C17H20N2O3. The third kappa shape index (κ3) is 2.75. The third-order valence-corrected chi connectivity index (χ3v) is 4.19. The van der Waals surface area contributed by atoms with Crippen molar-refractivity contribution in [1.29, 1.82) is 0 Å². The maximum atomic E-state index is 12.5. The van der Waals surface area contributed by atoms with E-state index in [0.717, 1.165) is 25.7 Å². The number of aromatic nitrogens is 2. The maximum Gasteiger partial charge on any atom is 0.359 e. The van der Waals surface area contributed by atoms with Crippen LogP contribution < -0.4 is 5.56 Å². The zero-order valence-corrected chi connectivity index (χ0v) is 12.7. The largest absolute Gasteiger partial charge is 0.458 e. The molecule has 1 aromatic heterocycles. The van der Waals surface area contributed by atoms with E-state index in [1.54, 1.807) is 24.3 Å². The number of hydrogen-bond donors (Lipinski definition) is 0. The molecule has 5 heteroatoms. The highest BCUT2D eigenvalue weighted by molar-refractivity contribution is 6.02. The van der Waals surface area contributed by atoms with Crippen LogP contribution >= 0.6 is 0 Å². The number of carbonyl (C=O) groups excluding carboxylic acids is 1. The number of fused-ring (bicyclic) bond motifs is 1. The van der Waals surface area contributed by atoms with Crippen LogP contribution in [0.1, 0.15) is 49.5 Å². The number of carbonyl (C=O) groups is 1. The Bertz CT molecular complexity index is 745. The molecule has 22 heavy (non-hydrogen) atoms. The number of ether oxygens (including phenoxy) is 1. The summed E-state index contributed by atoms with van der Waals surface area (Å²) in [6.45, 7) is 2.26. The molecule has 1 aliphatic rings. The van der Waals surface area contributed by atoms with E-state index in [0.29, 0.717) is 17.3 Å². The molecule has 0 saturated heterocycles. The fourth-order valence-electron chi connectivity index (χ4n) is 2.99. The number of rotatable bonds is 3. The van der Waals surface area contributed by atoms with Crippen LogP contribution in [0.15, 0.2) is 29.1 Å². The predicted octanol–water partition coefficient (Wildman–Crippen LogP) is 2.91. The van der Waals surface area contributed by atoms with E-state index >= 15 is 0 Å². The predicted molar refractivity (Wildman–Crippen MR) is 84.0 cm³/mol. The molecule has 0 unspecified atom stereocenters. The zero-order chi connectivity index (χ0) is 15.5. The molecule has 1 saturated carbocycles. The molecule has 1 fully saturated rings. The van der Waals surface area contributed by atoms with Gasteiger partial charge in [-0.2, -0.15) is 5.10 Å². The van der Waals surface area contributed by atoms with E-state index < -0.39 is 5.97 Å². The summed E-state index contributed by atoms with van der Waals surface area (Å²) in [5.41, 5.74) is 0.0648. The van der Waals surface area contributed by atoms with Gasteiger partial charge in [0.1, 0.15) is 6.10 Å². The van der Waals surface area contributed by atoms with Crippen molar-refractivity contribution in [2.45, 2.75) is 51.7 Å². The second kappa shape index (κ2) is 6.30. The van der Waals surface area contributed by atoms with Crippen molar-refractivity contribution in [3.63, 3.8) is 0 Å². The highest BCUT2D eigenvalue weighted by Gasteiger charge is 2.22. The lowest BCUT2D eigenvalue weighted by Crippen LogP contribution is -2.27. The second-order valence-electron chi connectivity index (χ2n) is 5.68. The van der Waals surface area contributed by atoms with Crippen molar-refractivity contribution in [3.8, 4) is 0 Å². The van der Waals surface area contributed by atoms with Gasteiger partial charge >= 0.3 is 5.97 Å². The number of esters is 1. The van der Waals surface area contributed by atoms with Gasteiger partial charge in [-0.15, -0.1) is 0 Å². The van der Waals surface area contributed by atoms with Gasteiger partial charge in [-0.25, -0.2) is 9.48 Å². The zero-order valence-electron chi connectivity index (χ0n) is 12.7. The quantitative estimate of drug-likeness (QED) is 0.818. The van der Waals surface area contributed by atoms with E-state index in [-0.39, 0.29) is 17.4 Å². The number of aryl methyl sites for hydroxylation is 1. The standard InChI is InChI=1S/C17H20N2O3/c1-2-19-16(20)14-11-7-6-10-13(14)15(18-19)17(21)22-12-8-4-3-5-9-12/h6-7,10-12H,2-5,8-9H2,1H3. The second-order valence-corrected chi connectivity index (χ2v) is 5.68. The van der Waals surface area contributed by atoms with Crippen LogP contribution in [0.25, 0.3) is 10.8 Å². The van der Waals surface area contributed by atoms with E-state index in [1.165, 1.54) is 11.1 Å². The van der Waals surface area contributed by atoms with Crippen LogP contribution in [-0.4, -0.2) is 21.9 Å². The Balaban J connectivity index is 2.00. The van der Waals surface area contributed by atoms with Crippen molar-refractivity contribution in [3.05, 3.63) is 40.3 Å². The van der Waals surface area contributed by atoms with Gasteiger partial charge in [0.2, 0.25) is 0 Å². The summed E-state index contributed by atoms with van der Waals surface area (Å²) in [6.07, 6.45) is 5.20. The minimum Gasteiger partial charge on any atom is -0.458 e. The molecule has 5 nitrogen and oxygen atoms in total.